The van der Waals surface area contributed by atoms with E-state index >= 15 is 0 Å². The summed E-state index contributed by atoms with van der Waals surface area (Å²) >= 11 is 0. The molecule has 94 valence electrons. The van der Waals surface area contributed by atoms with Gasteiger partial charge in [0.05, 0.1) is 18.8 Å². The first-order valence-corrected chi connectivity index (χ1v) is 5.93. The van der Waals surface area contributed by atoms with Gasteiger partial charge in [0.25, 0.3) is 0 Å². The molecule has 0 radical (unpaired) electrons. The second kappa shape index (κ2) is 6.10. The van der Waals surface area contributed by atoms with Crippen molar-refractivity contribution in [1.82, 2.24) is 5.32 Å². The molecule has 17 heavy (non-hydrogen) atoms. The van der Waals surface area contributed by atoms with Crippen molar-refractivity contribution in [3.63, 3.8) is 0 Å². The lowest BCUT2D eigenvalue weighted by Crippen LogP contribution is -2.25. The summed E-state index contributed by atoms with van der Waals surface area (Å²) < 4.78 is 24.4. The van der Waals surface area contributed by atoms with Crippen LogP contribution in [-0.4, -0.2) is 32.9 Å². The molecule has 3 nitrogen and oxygen atoms in total. The first-order valence-electron chi connectivity index (χ1n) is 5.93. The van der Waals surface area contributed by atoms with Gasteiger partial charge < -0.3 is 14.8 Å². The van der Waals surface area contributed by atoms with E-state index in [1.807, 2.05) is 13.1 Å². The first-order chi connectivity index (χ1) is 8.29. The quantitative estimate of drug-likeness (QED) is 0.851. The van der Waals surface area contributed by atoms with Crippen molar-refractivity contribution in [2.75, 3.05) is 26.8 Å². The van der Waals surface area contributed by atoms with Crippen LogP contribution in [0.15, 0.2) is 24.3 Å². The molecular weight excluding hydrogens is 221 g/mol. The van der Waals surface area contributed by atoms with Crippen LogP contribution in [0.5, 0.6) is 0 Å². The van der Waals surface area contributed by atoms with E-state index in [2.05, 4.69) is 5.32 Å². The van der Waals surface area contributed by atoms with Crippen molar-refractivity contribution in [3.05, 3.63) is 35.6 Å². The summed E-state index contributed by atoms with van der Waals surface area (Å²) in [6.45, 7) is 2.05. The fourth-order valence-corrected chi connectivity index (χ4v) is 1.99. The Labute approximate surface area is 101 Å². The number of hydrogen-bond acceptors (Lipinski definition) is 3. The smallest absolute Gasteiger partial charge is 0.123 e. The van der Waals surface area contributed by atoms with E-state index in [0.29, 0.717) is 13.2 Å². The molecule has 1 aliphatic rings. The van der Waals surface area contributed by atoms with Crippen molar-refractivity contribution in [2.45, 2.75) is 18.6 Å². The molecule has 1 saturated heterocycles. The number of benzene rings is 1. The number of ether oxygens (including phenoxy) is 2. The van der Waals surface area contributed by atoms with Gasteiger partial charge >= 0.3 is 0 Å². The minimum absolute atomic E-state index is 0.122. The molecule has 0 aliphatic carbocycles. The van der Waals surface area contributed by atoms with Crippen LogP contribution >= 0.6 is 0 Å². The third kappa shape index (κ3) is 3.49. The summed E-state index contributed by atoms with van der Waals surface area (Å²) in [6, 6.07) is 6.57. The summed E-state index contributed by atoms with van der Waals surface area (Å²) in [7, 11) is 1.86. The molecule has 1 aliphatic heterocycles. The van der Waals surface area contributed by atoms with Gasteiger partial charge in [0, 0.05) is 13.2 Å². The monoisotopic (exact) mass is 239 g/mol. The summed E-state index contributed by atoms with van der Waals surface area (Å²) in [6.07, 6.45) is 0.911. The van der Waals surface area contributed by atoms with E-state index in [9.17, 15) is 4.39 Å². The van der Waals surface area contributed by atoms with E-state index in [4.69, 9.17) is 9.47 Å². The summed E-state index contributed by atoms with van der Waals surface area (Å²) in [5.41, 5.74) is 0.867. The fourth-order valence-electron chi connectivity index (χ4n) is 1.99. The molecule has 0 spiro atoms. The minimum Gasteiger partial charge on any atom is -0.379 e. The lowest BCUT2D eigenvalue weighted by atomic mass is 10.1. The van der Waals surface area contributed by atoms with Crippen LogP contribution in [0.25, 0.3) is 0 Å². The van der Waals surface area contributed by atoms with Gasteiger partial charge in [-0.2, -0.15) is 0 Å². The van der Waals surface area contributed by atoms with Gasteiger partial charge in [-0.05, 0) is 31.2 Å². The molecule has 2 atom stereocenters. The molecule has 1 aromatic carbocycles. The fraction of sp³-hybridized carbons (Fsp3) is 0.538. The van der Waals surface area contributed by atoms with Gasteiger partial charge in [-0.15, -0.1) is 0 Å². The van der Waals surface area contributed by atoms with Gasteiger partial charge in [0.1, 0.15) is 5.82 Å². The van der Waals surface area contributed by atoms with Crippen molar-refractivity contribution in [1.29, 1.82) is 0 Å². The zero-order valence-corrected chi connectivity index (χ0v) is 9.99. The molecule has 0 bridgehead atoms. The Morgan fingerprint density at radius 3 is 3.12 bits per heavy atom. The lowest BCUT2D eigenvalue weighted by molar-refractivity contribution is -0.0157. The summed E-state index contributed by atoms with van der Waals surface area (Å²) in [4.78, 5) is 0. The molecule has 1 fully saturated rings. The molecule has 1 heterocycles. The van der Waals surface area contributed by atoms with Crippen LogP contribution < -0.4 is 5.32 Å². The van der Waals surface area contributed by atoms with Crippen molar-refractivity contribution >= 4 is 0 Å². The Kier molecular flexibility index (Phi) is 4.48. The minimum atomic E-state index is -0.227. The average molecular weight is 239 g/mol. The van der Waals surface area contributed by atoms with E-state index in [1.165, 1.54) is 12.1 Å². The van der Waals surface area contributed by atoms with Crippen LogP contribution in [0.4, 0.5) is 4.39 Å². The van der Waals surface area contributed by atoms with Gasteiger partial charge in [-0.1, -0.05) is 12.1 Å². The molecule has 1 aromatic rings. The second-order valence-corrected chi connectivity index (χ2v) is 4.22. The van der Waals surface area contributed by atoms with Gasteiger partial charge in [0.2, 0.25) is 0 Å². The summed E-state index contributed by atoms with van der Waals surface area (Å²) in [5, 5.41) is 3.07. The molecule has 0 aromatic heterocycles. The van der Waals surface area contributed by atoms with E-state index < -0.39 is 0 Å². The lowest BCUT2D eigenvalue weighted by Gasteiger charge is -2.21. The molecule has 2 unspecified atom stereocenters. The molecule has 0 saturated carbocycles. The van der Waals surface area contributed by atoms with E-state index in [1.54, 1.807) is 6.07 Å². The maximum absolute atomic E-state index is 13.2. The van der Waals surface area contributed by atoms with Crippen LogP contribution in [-0.2, 0) is 9.47 Å². The van der Waals surface area contributed by atoms with Crippen LogP contribution in [0, 0.1) is 5.82 Å². The number of halogens is 1. The highest BCUT2D eigenvalue weighted by Crippen LogP contribution is 2.22. The van der Waals surface area contributed by atoms with E-state index in [-0.39, 0.29) is 18.0 Å². The highest BCUT2D eigenvalue weighted by Gasteiger charge is 2.22. The summed E-state index contributed by atoms with van der Waals surface area (Å²) in [5.74, 6) is -0.227. The predicted molar refractivity (Wildman–Crippen MR) is 63.4 cm³/mol. The SMILES string of the molecule is CNCC(OC1CCOC1)c1cccc(F)c1. The largest absolute Gasteiger partial charge is 0.379 e. The van der Waals surface area contributed by atoms with Crippen LogP contribution in [0.2, 0.25) is 0 Å². The maximum atomic E-state index is 13.2. The van der Waals surface area contributed by atoms with Crippen molar-refractivity contribution in [3.8, 4) is 0 Å². The zero-order valence-electron chi connectivity index (χ0n) is 9.99. The predicted octanol–water partition coefficient (Wildman–Crippen LogP) is 1.89. The Hall–Kier alpha value is -0.970. The highest BCUT2D eigenvalue weighted by molar-refractivity contribution is 5.19. The zero-order chi connectivity index (χ0) is 12.1. The molecule has 4 heteroatoms. The third-order valence-electron chi connectivity index (χ3n) is 2.85. The molecular formula is C13H18FNO2. The molecule has 0 amide bonds. The highest BCUT2D eigenvalue weighted by atomic mass is 19.1. The standard InChI is InChI=1S/C13H18FNO2/c1-15-8-13(17-12-5-6-16-9-12)10-3-2-4-11(14)7-10/h2-4,7,12-13,15H,5-6,8-9H2,1H3. The van der Waals surface area contributed by atoms with Crippen LogP contribution in [0.3, 0.4) is 0 Å². The normalized spacial score (nSPS) is 21.6. The number of rotatable bonds is 5. The van der Waals surface area contributed by atoms with Gasteiger partial charge in [0.15, 0.2) is 0 Å². The Bertz CT molecular complexity index is 353. The van der Waals surface area contributed by atoms with Gasteiger partial charge in [-0.25, -0.2) is 4.39 Å². The maximum Gasteiger partial charge on any atom is 0.123 e. The van der Waals surface area contributed by atoms with E-state index in [0.717, 1.165) is 18.6 Å². The topological polar surface area (TPSA) is 30.5 Å². The Morgan fingerprint density at radius 2 is 2.47 bits per heavy atom. The number of hydrogen-bond donors (Lipinski definition) is 1. The third-order valence-corrected chi connectivity index (χ3v) is 2.85. The molecule has 2 rings (SSSR count). The average Bonchev–Trinajstić information content (AvgIpc) is 2.81. The van der Waals surface area contributed by atoms with Crippen molar-refractivity contribution in [2.24, 2.45) is 0 Å². The first kappa shape index (κ1) is 12.5. The van der Waals surface area contributed by atoms with Crippen LogP contribution in [0.1, 0.15) is 18.1 Å². The second-order valence-electron chi connectivity index (χ2n) is 4.22. The number of likely N-dealkylation sites (N-methyl/N-ethyl adjacent to an activating group) is 1. The Morgan fingerprint density at radius 1 is 1.59 bits per heavy atom. The Balaban J connectivity index is 2.04. The van der Waals surface area contributed by atoms with Gasteiger partial charge in [-0.3, -0.25) is 0 Å². The number of nitrogens with one attached hydrogen (secondary N) is 1. The van der Waals surface area contributed by atoms with Crippen molar-refractivity contribution < 1.29 is 13.9 Å². The molecule has 1 N–H and O–H groups in total.